The molecule has 197 valence electrons. The molecule has 0 aliphatic carbocycles. The van der Waals surface area contributed by atoms with Gasteiger partial charge in [0.15, 0.2) is 0 Å². The van der Waals surface area contributed by atoms with E-state index in [1.165, 1.54) is 12.1 Å². The van der Waals surface area contributed by atoms with Gasteiger partial charge in [-0.25, -0.2) is 9.59 Å². The second kappa shape index (κ2) is 12.9. The molecule has 1 heterocycles. The first-order chi connectivity index (χ1) is 17.4. The first-order valence-electron chi connectivity index (χ1n) is 11.3. The number of aromatic nitrogens is 1. The van der Waals surface area contributed by atoms with Crippen LogP contribution in [0.4, 0.5) is 4.79 Å². The second-order valence-corrected chi connectivity index (χ2v) is 9.31. The van der Waals surface area contributed by atoms with Gasteiger partial charge in [0.25, 0.3) is 0 Å². The van der Waals surface area contributed by atoms with E-state index >= 15 is 0 Å². The predicted molar refractivity (Wildman–Crippen MR) is 136 cm³/mol. The second-order valence-electron chi connectivity index (χ2n) is 9.31. The van der Waals surface area contributed by atoms with Gasteiger partial charge < -0.3 is 36.7 Å². The van der Waals surface area contributed by atoms with Gasteiger partial charge in [0, 0.05) is 56.2 Å². The summed E-state index contributed by atoms with van der Waals surface area (Å²) in [5, 5.41) is 21.5. The third-order valence-electron chi connectivity index (χ3n) is 5.30. The number of carboxylic acids is 1. The Morgan fingerprint density at radius 1 is 1.16 bits per heavy atom. The van der Waals surface area contributed by atoms with Crippen molar-refractivity contribution in [1.29, 1.82) is 5.26 Å². The molecule has 11 heteroatoms. The Hall–Kier alpha value is -3.42. The van der Waals surface area contributed by atoms with E-state index in [4.69, 9.17) is 19.8 Å². The van der Waals surface area contributed by atoms with Crippen LogP contribution in [0.1, 0.15) is 36.7 Å². The van der Waals surface area contributed by atoms with Crippen molar-refractivity contribution in [1.82, 2.24) is 15.2 Å². The number of alkyl carbamates (subject to hydrolysis) is 1. The van der Waals surface area contributed by atoms with Crippen molar-refractivity contribution in [3.05, 3.63) is 73.8 Å². The van der Waals surface area contributed by atoms with Gasteiger partial charge in [-0.15, -0.1) is 0 Å². The van der Waals surface area contributed by atoms with Crippen LogP contribution in [-0.2, 0) is 48.7 Å². The van der Waals surface area contributed by atoms with Gasteiger partial charge in [0.1, 0.15) is 23.1 Å². The monoisotopic (exact) mass is 593 g/mol. The fraction of sp³-hybridized carbons (Fsp3) is 0.259. The Morgan fingerprint density at radius 3 is 2.37 bits per heavy atom. The quantitative estimate of drug-likeness (QED) is 0.328. The largest absolute Gasteiger partial charge is 0.505 e. The number of hydrogen-bond donors (Lipinski definition) is 3. The number of amides is 2. The zero-order chi connectivity index (χ0) is 27.3. The molecule has 2 unspecified atom stereocenters. The molecule has 0 saturated heterocycles. The molecule has 0 saturated carbocycles. The van der Waals surface area contributed by atoms with Crippen molar-refractivity contribution in [3.63, 3.8) is 0 Å². The summed E-state index contributed by atoms with van der Waals surface area (Å²) in [5.74, 6) is -0.699. The molecule has 3 rings (SSSR count). The van der Waals surface area contributed by atoms with Crippen molar-refractivity contribution in [2.24, 2.45) is 0 Å². The zero-order valence-electron chi connectivity index (χ0n) is 21.4. The summed E-state index contributed by atoms with van der Waals surface area (Å²) in [6.07, 6.45) is 0.997. The number of hydrogen-bond acceptors (Lipinski definition) is 6. The molecule has 2 amide bonds. The molecule has 10 nitrogen and oxygen atoms in total. The fourth-order valence-corrected chi connectivity index (χ4v) is 3.48. The molecule has 1 aromatic heterocycles. The standard InChI is InChI=1S/C27H28N4O6.Y/c1-16(14-28)31(5)24(32)23(30-26(35)37-27(2,3)4)12-18-15-29-22-11-10-20(13-21(18)22)36-19-8-6-17(7-9-19)25(33)34;/h6-11,13,15-16,23,29H,1,5,12H2,2-4H3,(H,30,35)(H,33,34);/q-2;. The Balaban J connectivity index is 0.00000507. The number of rotatable bonds is 8. The van der Waals surface area contributed by atoms with Gasteiger partial charge in [-0.2, -0.15) is 5.26 Å². The molecule has 0 aliphatic heterocycles. The normalized spacial score (nSPS) is 12.4. The topological polar surface area (TPSA) is 145 Å². The van der Waals surface area contributed by atoms with E-state index in [2.05, 4.69) is 24.3 Å². The number of carbonyl (C=O) groups excluding carboxylic acids is 2. The fourth-order valence-electron chi connectivity index (χ4n) is 3.48. The van der Waals surface area contributed by atoms with Crippen LogP contribution in [0.15, 0.2) is 48.7 Å². The van der Waals surface area contributed by atoms with E-state index in [9.17, 15) is 14.4 Å². The summed E-state index contributed by atoms with van der Waals surface area (Å²) in [6, 6.07) is 11.0. The minimum Gasteiger partial charge on any atom is -0.505 e. The number of H-pyrrole nitrogens is 1. The van der Waals surface area contributed by atoms with Gasteiger partial charge in [-0.1, -0.05) is 0 Å². The predicted octanol–water partition coefficient (Wildman–Crippen LogP) is 4.44. The Kier molecular flexibility index (Phi) is 10.5. The molecular formula is C27H28N4O6Y-2. The maximum Gasteiger partial charge on any atom is 0.408 e. The van der Waals surface area contributed by atoms with Crippen LogP contribution in [0.25, 0.3) is 10.9 Å². The van der Waals surface area contributed by atoms with Gasteiger partial charge in [-0.3, -0.25) is 11.8 Å². The van der Waals surface area contributed by atoms with E-state index in [0.29, 0.717) is 17.1 Å². The number of fused-ring (bicyclic) bond motifs is 1. The maximum atomic E-state index is 13.1. The minimum atomic E-state index is -1.09. The number of nitriles is 1. The molecule has 3 N–H and O–H groups in total. The van der Waals surface area contributed by atoms with E-state index in [-0.39, 0.29) is 44.7 Å². The summed E-state index contributed by atoms with van der Waals surface area (Å²) < 4.78 is 11.2. The van der Waals surface area contributed by atoms with E-state index < -0.39 is 35.7 Å². The first-order valence-corrected chi connectivity index (χ1v) is 11.3. The SMILES string of the molecule is [CH2-]C(C#N)N([CH2-])C(=O)C(Cc1c[nH]c2ccc(Oc3ccc(C(=O)O)cc3)cc12)NC(=O)OC(C)(C)C.[Y]. The van der Waals surface area contributed by atoms with Gasteiger partial charge >= 0.3 is 12.1 Å². The molecule has 0 spiro atoms. The average molecular weight is 593 g/mol. The number of ether oxygens (including phenoxy) is 2. The number of aromatic amines is 1. The van der Waals surface area contributed by atoms with Crippen LogP contribution < -0.4 is 10.1 Å². The molecule has 1 radical (unpaired) electrons. The number of carboxylic acid groups (broad SMARTS) is 1. The molecule has 3 aromatic rings. The van der Waals surface area contributed by atoms with Crippen LogP contribution in [0.2, 0.25) is 0 Å². The van der Waals surface area contributed by atoms with E-state index in [1.54, 1.807) is 57.3 Å². The van der Waals surface area contributed by atoms with Gasteiger partial charge in [0.2, 0.25) is 5.91 Å². The summed E-state index contributed by atoms with van der Waals surface area (Å²) in [6.45, 7) is 8.70. The van der Waals surface area contributed by atoms with Gasteiger partial charge in [-0.05, 0) is 74.8 Å². The van der Waals surface area contributed by atoms with E-state index in [0.717, 1.165) is 15.8 Å². The van der Waals surface area contributed by atoms with Gasteiger partial charge in [0.05, 0.1) is 11.6 Å². The molecular weight excluding hydrogens is 565 g/mol. The molecule has 2 atom stereocenters. The van der Waals surface area contributed by atoms with Crippen LogP contribution in [0.3, 0.4) is 0 Å². The smallest absolute Gasteiger partial charge is 0.408 e. The van der Waals surface area contributed by atoms with Crippen molar-refractivity contribution in [2.75, 3.05) is 0 Å². The van der Waals surface area contributed by atoms with Crippen LogP contribution in [0.5, 0.6) is 11.5 Å². The molecule has 2 aromatic carbocycles. The third kappa shape index (κ3) is 8.04. The van der Waals surface area contributed by atoms with Crippen molar-refractivity contribution >= 4 is 28.9 Å². The Labute approximate surface area is 246 Å². The number of carbonyl (C=O) groups is 3. The summed E-state index contributed by atoms with van der Waals surface area (Å²) >= 11 is 0. The minimum absolute atomic E-state index is 0. The molecule has 0 bridgehead atoms. The van der Waals surface area contributed by atoms with Crippen LogP contribution in [0, 0.1) is 25.3 Å². The molecule has 0 fully saturated rings. The van der Waals surface area contributed by atoms with Crippen LogP contribution >= 0.6 is 0 Å². The Morgan fingerprint density at radius 2 is 1.79 bits per heavy atom. The summed E-state index contributed by atoms with van der Waals surface area (Å²) in [5.41, 5.74) is 0.830. The van der Waals surface area contributed by atoms with Crippen LogP contribution in [-0.4, -0.2) is 50.6 Å². The zero-order valence-corrected chi connectivity index (χ0v) is 24.2. The molecule has 38 heavy (non-hydrogen) atoms. The Bertz CT molecular complexity index is 1340. The average Bonchev–Trinajstić information content (AvgIpc) is 3.23. The summed E-state index contributed by atoms with van der Waals surface area (Å²) in [7, 11) is 3.62. The number of nitrogens with one attached hydrogen (secondary N) is 2. The summed E-state index contributed by atoms with van der Waals surface area (Å²) in [4.78, 5) is 40.7. The van der Waals surface area contributed by atoms with Crippen molar-refractivity contribution in [2.45, 2.75) is 44.9 Å². The van der Waals surface area contributed by atoms with E-state index in [1.807, 2.05) is 6.07 Å². The number of nitrogens with zero attached hydrogens (tertiary/aromatic N) is 2. The van der Waals surface area contributed by atoms with Crippen molar-refractivity contribution < 1.29 is 61.7 Å². The third-order valence-corrected chi connectivity index (χ3v) is 5.30. The van der Waals surface area contributed by atoms with Crippen molar-refractivity contribution in [3.8, 4) is 17.6 Å². The number of aromatic carboxylic acids is 1. The first kappa shape index (κ1) is 30.8. The number of benzene rings is 2. The maximum absolute atomic E-state index is 13.1. The molecule has 0 aliphatic rings.